The van der Waals surface area contributed by atoms with Crippen molar-refractivity contribution in [2.24, 2.45) is 0 Å². The Morgan fingerprint density at radius 2 is 1.71 bits per heavy atom. The van der Waals surface area contributed by atoms with Gasteiger partial charge in [-0.05, 0) is 56.8 Å². The average Bonchev–Trinajstić information content (AvgIpc) is 3.11. The predicted octanol–water partition coefficient (Wildman–Crippen LogP) is 4.48. The Morgan fingerprint density at radius 3 is 2.32 bits per heavy atom. The second-order valence-electron chi connectivity index (χ2n) is 8.70. The summed E-state index contributed by atoms with van der Waals surface area (Å²) in [5.74, 6) is 1.15. The van der Waals surface area contributed by atoms with Crippen LogP contribution in [0.4, 0.5) is 0 Å². The molecule has 0 aliphatic carbocycles. The van der Waals surface area contributed by atoms with Gasteiger partial charge in [0.05, 0.1) is 30.2 Å². The molecule has 0 bridgehead atoms. The molecule has 0 N–H and O–H groups in total. The first-order valence-corrected chi connectivity index (χ1v) is 11.8. The fourth-order valence-corrected chi connectivity index (χ4v) is 4.49. The summed E-state index contributed by atoms with van der Waals surface area (Å²) in [6.07, 6.45) is 0.0561. The lowest BCUT2D eigenvalue weighted by atomic mass is 9.98. The molecule has 7 heteroatoms. The number of benzene rings is 2. The molecule has 0 spiro atoms. The fraction of sp³-hybridized carbons (Fsp3) is 0.407. The maximum atomic E-state index is 13.6. The maximum absolute atomic E-state index is 13.6. The first kappa shape index (κ1) is 23.8. The third-order valence-corrected chi connectivity index (χ3v) is 6.29. The van der Waals surface area contributed by atoms with Crippen LogP contribution in [-0.2, 0) is 0 Å². The molecule has 7 nitrogen and oxygen atoms in total. The number of nitrogens with zero attached hydrogens (tertiary/aromatic N) is 2. The van der Waals surface area contributed by atoms with Crippen molar-refractivity contribution in [1.29, 1.82) is 0 Å². The molecular weight excluding hydrogens is 432 g/mol. The number of hydrogen-bond donors (Lipinski definition) is 0. The Kier molecular flexibility index (Phi) is 6.93. The molecule has 1 aliphatic heterocycles. The first-order valence-electron chi connectivity index (χ1n) is 11.8. The van der Waals surface area contributed by atoms with Crippen LogP contribution >= 0.6 is 0 Å². The number of likely N-dealkylation sites (N-methyl/N-ethyl adjacent to an activating group) is 1. The van der Waals surface area contributed by atoms with Crippen molar-refractivity contribution in [2.45, 2.75) is 39.8 Å². The van der Waals surface area contributed by atoms with Crippen molar-refractivity contribution in [2.75, 3.05) is 33.3 Å². The molecule has 3 aromatic rings. The quantitative estimate of drug-likeness (QED) is 0.465. The molecular formula is C27H32N2O5. The minimum atomic E-state index is -0.520. The molecule has 1 atom stereocenters. The van der Waals surface area contributed by atoms with Gasteiger partial charge in [0, 0.05) is 19.2 Å². The van der Waals surface area contributed by atoms with E-state index in [1.54, 1.807) is 30.2 Å². The molecule has 1 aliphatic rings. The monoisotopic (exact) mass is 464 g/mol. The molecule has 0 saturated carbocycles. The third kappa shape index (κ3) is 4.40. The van der Waals surface area contributed by atoms with Crippen LogP contribution < -0.4 is 14.9 Å². The van der Waals surface area contributed by atoms with E-state index in [0.29, 0.717) is 35.4 Å². The van der Waals surface area contributed by atoms with Crippen LogP contribution in [0.15, 0.2) is 51.7 Å². The lowest BCUT2D eigenvalue weighted by molar-refractivity contribution is 0.0708. The van der Waals surface area contributed by atoms with Gasteiger partial charge in [0.2, 0.25) is 5.76 Å². The normalized spacial score (nSPS) is 15.4. The maximum Gasteiger partial charge on any atom is 0.290 e. The van der Waals surface area contributed by atoms with Crippen LogP contribution in [0.25, 0.3) is 11.0 Å². The van der Waals surface area contributed by atoms with Crippen LogP contribution in [0.5, 0.6) is 11.5 Å². The number of fused-ring (bicyclic) bond motifs is 2. The van der Waals surface area contributed by atoms with Crippen LogP contribution in [0.1, 0.15) is 55.4 Å². The third-order valence-electron chi connectivity index (χ3n) is 6.29. The SMILES string of the molecule is CCN(CC)CCN1C(=O)c2oc3cc(OC)ccc3c(=O)c2C1c1ccc(OC(C)C)cc1. The van der Waals surface area contributed by atoms with Crippen LogP contribution in [0.3, 0.4) is 0 Å². The van der Waals surface area contributed by atoms with E-state index in [2.05, 4.69) is 18.7 Å². The Hall–Kier alpha value is -3.32. The van der Waals surface area contributed by atoms with Gasteiger partial charge in [-0.25, -0.2) is 0 Å². The van der Waals surface area contributed by atoms with Crippen LogP contribution in [-0.4, -0.2) is 55.1 Å². The molecule has 1 amide bonds. The van der Waals surface area contributed by atoms with E-state index in [1.807, 2.05) is 38.1 Å². The topological polar surface area (TPSA) is 72.2 Å². The summed E-state index contributed by atoms with van der Waals surface area (Å²) in [5.41, 5.74) is 1.40. The van der Waals surface area contributed by atoms with Crippen molar-refractivity contribution < 1.29 is 18.7 Å². The summed E-state index contributed by atoms with van der Waals surface area (Å²) in [4.78, 5) is 31.2. The molecule has 1 aromatic heterocycles. The van der Waals surface area contributed by atoms with E-state index >= 15 is 0 Å². The molecule has 0 saturated heterocycles. The van der Waals surface area contributed by atoms with Gasteiger partial charge in [-0.1, -0.05) is 26.0 Å². The van der Waals surface area contributed by atoms with Crippen molar-refractivity contribution >= 4 is 16.9 Å². The summed E-state index contributed by atoms with van der Waals surface area (Å²) in [5, 5.41) is 0.433. The molecule has 180 valence electrons. The molecule has 34 heavy (non-hydrogen) atoms. The van der Waals surface area contributed by atoms with Crippen molar-refractivity contribution in [3.05, 3.63) is 69.6 Å². The standard InChI is InChI=1S/C27H32N2O5/c1-6-28(7-2)14-15-29-24(18-8-10-19(11-9-18)33-17(3)4)23-25(30)21-13-12-20(32-5)16-22(21)34-26(23)27(29)31/h8-13,16-17,24H,6-7,14-15H2,1-5H3. The van der Waals surface area contributed by atoms with Crippen molar-refractivity contribution in [3.63, 3.8) is 0 Å². The van der Waals surface area contributed by atoms with E-state index in [-0.39, 0.29) is 23.2 Å². The zero-order chi connectivity index (χ0) is 24.4. The summed E-state index contributed by atoms with van der Waals surface area (Å²) in [6, 6.07) is 12.2. The number of carbonyl (C=O) groups excluding carboxylic acids is 1. The number of carbonyl (C=O) groups is 1. The van der Waals surface area contributed by atoms with E-state index in [4.69, 9.17) is 13.9 Å². The van der Waals surface area contributed by atoms with Gasteiger partial charge in [0.15, 0.2) is 5.43 Å². The molecule has 1 unspecified atom stereocenters. The Bertz CT molecular complexity index is 1230. The largest absolute Gasteiger partial charge is 0.497 e. The average molecular weight is 465 g/mol. The lowest BCUT2D eigenvalue weighted by Gasteiger charge is -2.28. The summed E-state index contributed by atoms with van der Waals surface area (Å²) in [7, 11) is 1.55. The smallest absolute Gasteiger partial charge is 0.290 e. The summed E-state index contributed by atoms with van der Waals surface area (Å²) >= 11 is 0. The van der Waals surface area contributed by atoms with Crippen LogP contribution in [0.2, 0.25) is 0 Å². The summed E-state index contributed by atoms with van der Waals surface area (Å²) in [6.45, 7) is 11.1. The number of methoxy groups -OCH3 is 1. The fourth-order valence-electron chi connectivity index (χ4n) is 4.49. The predicted molar refractivity (Wildman–Crippen MR) is 132 cm³/mol. The highest BCUT2D eigenvalue weighted by Gasteiger charge is 2.42. The lowest BCUT2D eigenvalue weighted by Crippen LogP contribution is -2.37. The number of ether oxygens (including phenoxy) is 2. The van der Waals surface area contributed by atoms with Gasteiger partial charge in [0.25, 0.3) is 5.91 Å². The number of amides is 1. The van der Waals surface area contributed by atoms with Crippen LogP contribution in [0, 0.1) is 0 Å². The van der Waals surface area contributed by atoms with E-state index < -0.39 is 6.04 Å². The Labute approximate surface area is 199 Å². The van der Waals surface area contributed by atoms with E-state index in [1.165, 1.54) is 0 Å². The van der Waals surface area contributed by atoms with Crippen molar-refractivity contribution in [3.8, 4) is 11.5 Å². The van der Waals surface area contributed by atoms with Gasteiger partial charge < -0.3 is 23.7 Å². The molecule has 4 rings (SSSR count). The van der Waals surface area contributed by atoms with Gasteiger partial charge in [-0.3, -0.25) is 9.59 Å². The van der Waals surface area contributed by atoms with E-state index in [0.717, 1.165) is 24.4 Å². The molecule has 0 fully saturated rings. The van der Waals surface area contributed by atoms with Gasteiger partial charge >= 0.3 is 0 Å². The highest BCUT2D eigenvalue weighted by Crippen LogP contribution is 2.39. The highest BCUT2D eigenvalue weighted by atomic mass is 16.5. The molecule has 0 radical (unpaired) electrons. The van der Waals surface area contributed by atoms with Crippen molar-refractivity contribution in [1.82, 2.24) is 9.80 Å². The number of rotatable bonds is 9. The first-order chi connectivity index (χ1) is 16.4. The Morgan fingerprint density at radius 1 is 1.03 bits per heavy atom. The minimum Gasteiger partial charge on any atom is -0.497 e. The zero-order valence-electron chi connectivity index (χ0n) is 20.5. The Balaban J connectivity index is 1.82. The second-order valence-corrected chi connectivity index (χ2v) is 8.70. The van der Waals surface area contributed by atoms with Gasteiger partial charge in [-0.2, -0.15) is 0 Å². The van der Waals surface area contributed by atoms with Gasteiger partial charge in [0.1, 0.15) is 17.1 Å². The zero-order valence-corrected chi connectivity index (χ0v) is 20.5. The molecule has 2 aromatic carbocycles. The number of hydrogen-bond acceptors (Lipinski definition) is 6. The molecule has 2 heterocycles. The van der Waals surface area contributed by atoms with E-state index in [9.17, 15) is 9.59 Å². The summed E-state index contributed by atoms with van der Waals surface area (Å²) < 4.78 is 17.1. The van der Waals surface area contributed by atoms with Gasteiger partial charge in [-0.15, -0.1) is 0 Å². The highest BCUT2D eigenvalue weighted by molar-refractivity contribution is 5.99. The second kappa shape index (κ2) is 9.89. The minimum absolute atomic E-state index is 0.0561.